The fraction of sp³-hybridized carbons (Fsp3) is 0.571. The van der Waals surface area contributed by atoms with Crippen molar-refractivity contribution in [2.24, 2.45) is 11.3 Å². The Balaban J connectivity index is 1.93. The van der Waals surface area contributed by atoms with Gasteiger partial charge < -0.3 is 14.8 Å². The van der Waals surface area contributed by atoms with E-state index in [1.165, 1.54) is 0 Å². The number of para-hydroxylation sites is 2. The number of H-pyrrole nitrogens is 1. The molecule has 6 heteroatoms. The zero-order valence-electron chi connectivity index (χ0n) is 17.0. The van der Waals surface area contributed by atoms with Gasteiger partial charge in [-0.2, -0.15) is 0 Å². The highest BCUT2D eigenvalue weighted by molar-refractivity contribution is 5.83. The summed E-state index contributed by atoms with van der Waals surface area (Å²) < 4.78 is 0. The van der Waals surface area contributed by atoms with Crippen molar-refractivity contribution in [2.45, 2.75) is 47.1 Å². The molecule has 0 saturated carbocycles. The van der Waals surface area contributed by atoms with Gasteiger partial charge in [-0.3, -0.25) is 9.59 Å². The minimum absolute atomic E-state index is 0.0870. The molecule has 1 aromatic heterocycles. The molecule has 0 aliphatic carbocycles. The Hall–Kier alpha value is -2.37. The summed E-state index contributed by atoms with van der Waals surface area (Å²) in [5.41, 5.74) is 1.34. The van der Waals surface area contributed by atoms with E-state index in [0.29, 0.717) is 32.0 Å². The molecule has 2 aromatic rings. The summed E-state index contributed by atoms with van der Waals surface area (Å²) in [6.45, 7) is 11.5. The first-order chi connectivity index (χ1) is 12.7. The van der Waals surface area contributed by atoms with E-state index in [2.05, 4.69) is 4.98 Å². The third kappa shape index (κ3) is 4.15. The molecule has 2 amide bonds. The van der Waals surface area contributed by atoms with Gasteiger partial charge in [0.15, 0.2) is 0 Å². The van der Waals surface area contributed by atoms with Crippen LogP contribution in [0.2, 0.25) is 0 Å². The lowest BCUT2D eigenvalue weighted by atomic mass is 9.93. The lowest BCUT2D eigenvalue weighted by molar-refractivity contribution is -0.149. The summed E-state index contributed by atoms with van der Waals surface area (Å²) >= 11 is 0. The van der Waals surface area contributed by atoms with Gasteiger partial charge in [-0.1, -0.05) is 46.8 Å². The Morgan fingerprint density at radius 3 is 2.56 bits per heavy atom. The van der Waals surface area contributed by atoms with E-state index >= 15 is 0 Å². The number of rotatable bonds is 3. The van der Waals surface area contributed by atoms with Gasteiger partial charge in [-0.05, 0) is 18.1 Å². The summed E-state index contributed by atoms with van der Waals surface area (Å²) in [4.78, 5) is 37.5. The maximum atomic E-state index is 13.1. The Morgan fingerprint density at radius 2 is 1.93 bits per heavy atom. The van der Waals surface area contributed by atoms with Crippen molar-refractivity contribution < 1.29 is 9.59 Å². The van der Waals surface area contributed by atoms with E-state index in [1.807, 2.05) is 68.7 Å². The van der Waals surface area contributed by atoms with Crippen molar-refractivity contribution in [1.82, 2.24) is 19.8 Å². The summed E-state index contributed by atoms with van der Waals surface area (Å²) in [5.74, 6) is 1.30. The first kappa shape index (κ1) is 19.4. The van der Waals surface area contributed by atoms with Crippen molar-refractivity contribution in [3.63, 3.8) is 0 Å². The van der Waals surface area contributed by atoms with E-state index in [1.54, 1.807) is 0 Å². The monoisotopic (exact) mass is 370 g/mol. The molecule has 1 unspecified atom stereocenters. The zero-order chi connectivity index (χ0) is 19.8. The predicted molar refractivity (Wildman–Crippen MR) is 106 cm³/mol. The van der Waals surface area contributed by atoms with E-state index < -0.39 is 5.41 Å². The van der Waals surface area contributed by atoms with Gasteiger partial charge in [0.1, 0.15) is 11.9 Å². The molecule has 0 spiro atoms. The van der Waals surface area contributed by atoms with E-state index in [0.717, 1.165) is 16.9 Å². The van der Waals surface area contributed by atoms with Crippen molar-refractivity contribution in [3.8, 4) is 0 Å². The summed E-state index contributed by atoms with van der Waals surface area (Å²) in [6, 6.07) is 7.59. The number of carbonyl (C=O) groups excluding carboxylic acids is 2. The smallest absolute Gasteiger partial charge is 0.228 e. The maximum absolute atomic E-state index is 13.1. The quantitative estimate of drug-likeness (QED) is 0.901. The van der Waals surface area contributed by atoms with Crippen LogP contribution in [0.1, 0.15) is 52.9 Å². The fourth-order valence-corrected chi connectivity index (χ4v) is 3.53. The number of aromatic nitrogens is 2. The number of fused-ring (bicyclic) bond motifs is 1. The molecule has 2 heterocycles. The summed E-state index contributed by atoms with van der Waals surface area (Å²) in [7, 11) is 0. The molecule has 146 valence electrons. The van der Waals surface area contributed by atoms with Gasteiger partial charge in [-0.25, -0.2) is 4.98 Å². The molecule has 3 rings (SSSR count). The van der Waals surface area contributed by atoms with E-state index in [9.17, 15) is 9.59 Å². The molecule has 27 heavy (non-hydrogen) atoms. The standard InChI is InChI=1S/C21H30N4O2/c1-14(2)12-18(26)24-10-11-25(20(27)21(3,4)5)17(13-24)19-22-15-8-6-7-9-16(15)23-19/h6-9,14,17H,10-13H2,1-5H3,(H,22,23). The molecule has 1 aromatic carbocycles. The zero-order valence-corrected chi connectivity index (χ0v) is 17.0. The molecule has 1 fully saturated rings. The van der Waals surface area contributed by atoms with Crippen molar-refractivity contribution in [3.05, 3.63) is 30.1 Å². The van der Waals surface area contributed by atoms with Crippen molar-refractivity contribution >= 4 is 22.8 Å². The number of nitrogens with one attached hydrogen (secondary N) is 1. The SMILES string of the molecule is CC(C)CC(=O)N1CCN(C(=O)C(C)(C)C)C(c2nc3ccccc3[nH]2)C1. The molecule has 1 aliphatic rings. The van der Waals surface area contributed by atoms with Crippen LogP contribution >= 0.6 is 0 Å². The molecule has 6 nitrogen and oxygen atoms in total. The van der Waals surface area contributed by atoms with Crippen molar-refractivity contribution in [1.29, 1.82) is 0 Å². The molecule has 0 bridgehead atoms. The second-order valence-corrected chi connectivity index (χ2v) is 8.84. The topological polar surface area (TPSA) is 69.3 Å². The van der Waals surface area contributed by atoms with Crippen molar-refractivity contribution in [2.75, 3.05) is 19.6 Å². The minimum atomic E-state index is -0.478. The molecule has 1 saturated heterocycles. The van der Waals surface area contributed by atoms with Crippen LogP contribution in [0.15, 0.2) is 24.3 Å². The van der Waals surface area contributed by atoms with Crippen LogP contribution in [0.4, 0.5) is 0 Å². The fourth-order valence-electron chi connectivity index (χ4n) is 3.53. The number of aromatic amines is 1. The van der Waals surface area contributed by atoms with Gasteiger partial charge in [0.2, 0.25) is 11.8 Å². The van der Waals surface area contributed by atoms with Gasteiger partial charge in [0.25, 0.3) is 0 Å². The second kappa shape index (κ2) is 7.33. The average Bonchev–Trinajstić information content (AvgIpc) is 3.03. The van der Waals surface area contributed by atoms with Gasteiger partial charge in [0, 0.05) is 31.5 Å². The van der Waals surface area contributed by atoms with Gasteiger partial charge in [0.05, 0.1) is 11.0 Å². The molecular weight excluding hydrogens is 340 g/mol. The van der Waals surface area contributed by atoms with Crippen LogP contribution < -0.4 is 0 Å². The number of hydrogen-bond acceptors (Lipinski definition) is 3. The molecule has 0 radical (unpaired) electrons. The normalized spacial score (nSPS) is 18.4. The molecule has 1 atom stereocenters. The lowest BCUT2D eigenvalue weighted by Gasteiger charge is -2.43. The van der Waals surface area contributed by atoms with Gasteiger partial charge in [-0.15, -0.1) is 0 Å². The van der Waals surface area contributed by atoms with Crippen LogP contribution in [0.5, 0.6) is 0 Å². The van der Waals surface area contributed by atoms with Crippen LogP contribution in [0.3, 0.4) is 0 Å². The highest BCUT2D eigenvalue weighted by atomic mass is 16.2. The lowest BCUT2D eigenvalue weighted by Crippen LogP contribution is -2.55. The molecule has 1 N–H and O–H groups in total. The molecule has 1 aliphatic heterocycles. The van der Waals surface area contributed by atoms with E-state index in [4.69, 9.17) is 4.98 Å². The third-order valence-electron chi connectivity index (χ3n) is 4.94. The first-order valence-electron chi connectivity index (χ1n) is 9.70. The Labute approximate surface area is 160 Å². The minimum Gasteiger partial charge on any atom is -0.340 e. The van der Waals surface area contributed by atoms with Crippen LogP contribution in [-0.2, 0) is 9.59 Å². The Morgan fingerprint density at radius 1 is 1.22 bits per heavy atom. The van der Waals surface area contributed by atoms with E-state index in [-0.39, 0.29) is 17.9 Å². The third-order valence-corrected chi connectivity index (χ3v) is 4.94. The van der Waals surface area contributed by atoms with Crippen LogP contribution in [-0.4, -0.2) is 51.2 Å². The number of benzene rings is 1. The number of piperazine rings is 1. The number of carbonyl (C=O) groups is 2. The summed E-state index contributed by atoms with van der Waals surface area (Å²) in [5, 5.41) is 0. The maximum Gasteiger partial charge on any atom is 0.228 e. The number of amides is 2. The van der Waals surface area contributed by atoms with Crippen LogP contribution in [0.25, 0.3) is 11.0 Å². The largest absolute Gasteiger partial charge is 0.340 e. The highest BCUT2D eigenvalue weighted by Gasteiger charge is 2.39. The molecular formula is C21H30N4O2. The predicted octanol–water partition coefficient (Wildman–Crippen LogP) is 3.37. The highest BCUT2D eigenvalue weighted by Crippen LogP contribution is 2.30. The Kier molecular flexibility index (Phi) is 5.27. The number of nitrogens with zero attached hydrogens (tertiary/aromatic N) is 3. The number of imidazole rings is 1. The summed E-state index contributed by atoms with van der Waals surface area (Å²) in [6.07, 6.45) is 0.528. The van der Waals surface area contributed by atoms with Crippen LogP contribution in [0, 0.1) is 11.3 Å². The first-order valence-corrected chi connectivity index (χ1v) is 9.70. The average molecular weight is 370 g/mol. The Bertz CT molecular complexity index is 801. The second-order valence-electron chi connectivity index (χ2n) is 8.84. The van der Waals surface area contributed by atoms with Gasteiger partial charge >= 0.3 is 0 Å². The number of hydrogen-bond donors (Lipinski definition) is 1.